The molecule has 0 spiro atoms. The van der Waals surface area contributed by atoms with Gasteiger partial charge < -0.3 is 9.80 Å². The lowest BCUT2D eigenvalue weighted by Gasteiger charge is -2.39. The first-order chi connectivity index (χ1) is 12.7. The first kappa shape index (κ1) is 20.0. The Labute approximate surface area is 158 Å². The van der Waals surface area contributed by atoms with E-state index in [-0.39, 0.29) is 23.7 Å². The van der Waals surface area contributed by atoms with E-state index in [1.54, 1.807) is 4.90 Å². The van der Waals surface area contributed by atoms with Gasteiger partial charge in [0.15, 0.2) is 0 Å². The van der Waals surface area contributed by atoms with Crippen LogP contribution in [0.2, 0.25) is 0 Å². The van der Waals surface area contributed by atoms with Crippen molar-refractivity contribution >= 4 is 11.7 Å². The molecule has 4 nitrogen and oxygen atoms in total. The molecule has 7 heteroatoms. The highest BCUT2D eigenvalue weighted by molar-refractivity contribution is 5.81. The molecular formula is C20H28F3N3O. The summed E-state index contributed by atoms with van der Waals surface area (Å²) in [5.41, 5.74) is -0.729. The summed E-state index contributed by atoms with van der Waals surface area (Å²) in [6.07, 6.45) is 0.395. The van der Waals surface area contributed by atoms with Crippen molar-refractivity contribution in [1.82, 2.24) is 9.88 Å². The number of rotatable bonds is 5. The van der Waals surface area contributed by atoms with Crippen molar-refractivity contribution in [3.8, 4) is 0 Å². The summed E-state index contributed by atoms with van der Waals surface area (Å²) in [6, 6.07) is 2.80. The Bertz CT molecular complexity index is 673. The second-order valence-corrected chi connectivity index (χ2v) is 8.12. The summed E-state index contributed by atoms with van der Waals surface area (Å²) >= 11 is 0. The van der Waals surface area contributed by atoms with Crippen LogP contribution in [-0.2, 0) is 11.0 Å². The molecule has 1 aromatic heterocycles. The van der Waals surface area contributed by atoms with Crippen LogP contribution in [0.25, 0.3) is 0 Å². The van der Waals surface area contributed by atoms with E-state index in [4.69, 9.17) is 0 Å². The Kier molecular flexibility index (Phi) is 5.68. The number of halogens is 3. The molecule has 1 saturated heterocycles. The predicted octanol–water partition coefficient (Wildman–Crippen LogP) is 4.35. The molecule has 2 heterocycles. The van der Waals surface area contributed by atoms with Crippen molar-refractivity contribution in [2.45, 2.75) is 64.7 Å². The quantitative estimate of drug-likeness (QED) is 0.758. The van der Waals surface area contributed by atoms with E-state index < -0.39 is 11.7 Å². The van der Waals surface area contributed by atoms with Gasteiger partial charge in [0.25, 0.3) is 0 Å². The molecule has 1 saturated carbocycles. The zero-order chi connectivity index (χ0) is 19.8. The molecule has 27 heavy (non-hydrogen) atoms. The van der Waals surface area contributed by atoms with Gasteiger partial charge in [0.05, 0.1) is 11.5 Å². The summed E-state index contributed by atoms with van der Waals surface area (Å²) < 4.78 is 40.1. The summed E-state index contributed by atoms with van der Waals surface area (Å²) in [6.45, 7) is 7.07. The number of carbonyl (C=O) groups is 1. The Morgan fingerprint density at radius 2 is 1.96 bits per heavy atom. The van der Waals surface area contributed by atoms with Crippen molar-refractivity contribution in [3.05, 3.63) is 23.9 Å². The van der Waals surface area contributed by atoms with Crippen LogP contribution in [0.15, 0.2) is 18.3 Å². The van der Waals surface area contributed by atoms with Crippen LogP contribution in [0, 0.1) is 11.8 Å². The van der Waals surface area contributed by atoms with Crippen molar-refractivity contribution in [2.75, 3.05) is 18.0 Å². The maximum atomic E-state index is 13.4. The van der Waals surface area contributed by atoms with Crippen LogP contribution in [0.5, 0.6) is 0 Å². The van der Waals surface area contributed by atoms with Gasteiger partial charge in [-0.05, 0) is 50.7 Å². The molecule has 0 bridgehead atoms. The largest absolute Gasteiger partial charge is 0.419 e. The lowest BCUT2D eigenvalue weighted by molar-refractivity contribution is -0.139. The number of aromatic nitrogens is 1. The van der Waals surface area contributed by atoms with Gasteiger partial charge in [0, 0.05) is 31.4 Å². The molecule has 3 rings (SSSR count). The third-order valence-electron chi connectivity index (χ3n) is 5.76. The van der Waals surface area contributed by atoms with Gasteiger partial charge in [-0.2, -0.15) is 13.2 Å². The Balaban J connectivity index is 1.79. The van der Waals surface area contributed by atoms with Crippen LogP contribution >= 0.6 is 0 Å². The Hall–Kier alpha value is -1.79. The molecule has 1 aliphatic carbocycles. The maximum absolute atomic E-state index is 13.4. The number of piperidine rings is 1. The van der Waals surface area contributed by atoms with E-state index in [2.05, 4.69) is 25.8 Å². The normalized spacial score (nSPS) is 22.0. The third-order valence-corrected chi connectivity index (χ3v) is 5.76. The standard InChI is InChI=1S/C20H28F3N3O/c1-13(2)14(3)26(16-8-9-16)19(27)15-6-5-11-25(12-15)18-17(20(21,22)23)7-4-10-24-18/h4,7,10,13-16H,5-6,8-9,11-12H2,1-3H3. The van der Waals surface area contributed by atoms with Crippen molar-refractivity contribution < 1.29 is 18.0 Å². The number of hydrogen-bond donors (Lipinski definition) is 0. The highest BCUT2D eigenvalue weighted by atomic mass is 19.4. The zero-order valence-corrected chi connectivity index (χ0v) is 16.2. The van der Waals surface area contributed by atoms with E-state index >= 15 is 0 Å². The van der Waals surface area contributed by atoms with E-state index in [9.17, 15) is 18.0 Å². The van der Waals surface area contributed by atoms with Gasteiger partial charge in [-0.1, -0.05) is 13.8 Å². The minimum absolute atomic E-state index is 0.0580. The monoisotopic (exact) mass is 383 g/mol. The fraction of sp³-hybridized carbons (Fsp3) is 0.700. The van der Waals surface area contributed by atoms with Gasteiger partial charge in [-0.3, -0.25) is 4.79 Å². The summed E-state index contributed by atoms with van der Waals surface area (Å²) in [5, 5.41) is 0. The molecule has 0 N–H and O–H groups in total. The third kappa shape index (κ3) is 4.38. The molecule has 2 unspecified atom stereocenters. The second-order valence-electron chi connectivity index (χ2n) is 8.12. The summed E-state index contributed by atoms with van der Waals surface area (Å²) in [5.74, 6) is 0.107. The first-order valence-electron chi connectivity index (χ1n) is 9.79. The van der Waals surface area contributed by atoms with E-state index in [0.29, 0.717) is 31.5 Å². The molecule has 2 fully saturated rings. The van der Waals surface area contributed by atoms with Gasteiger partial charge in [-0.15, -0.1) is 0 Å². The van der Waals surface area contributed by atoms with Crippen LogP contribution in [0.1, 0.15) is 52.0 Å². The smallest absolute Gasteiger partial charge is 0.355 e. The minimum Gasteiger partial charge on any atom is -0.355 e. The van der Waals surface area contributed by atoms with Crippen LogP contribution in [0.3, 0.4) is 0 Å². The summed E-state index contributed by atoms with van der Waals surface area (Å²) in [4.78, 5) is 20.9. The molecule has 1 amide bonds. The highest BCUT2D eigenvalue weighted by Crippen LogP contribution is 2.38. The topological polar surface area (TPSA) is 36.4 Å². The first-order valence-corrected chi connectivity index (χ1v) is 9.79. The molecule has 1 aromatic rings. The van der Waals surface area contributed by atoms with E-state index in [1.807, 2.05) is 4.90 Å². The van der Waals surface area contributed by atoms with Gasteiger partial charge in [-0.25, -0.2) is 4.98 Å². The van der Waals surface area contributed by atoms with Crippen LogP contribution < -0.4 is 4.90 Å². The summed E-state index contributed by atoms with van der Waals surface area (Å²) in [7, 11) is 0. The van der Waals surface area contributed by atoms with Gasteiger partial charge in [0.1, 0.15) is 5.82 Å². The van der Waals surface area contributed by atoms with E-state index in [0.717, 1.165) is 25.3 Å². The lowest BCUT2D eigenvalue weighted by atomic mass is 9.94. The number of pyridine rings is 1. The SMILES string of the molecule is CC(C)C(C)N(C(=O)C1CCCN(c2ncccc2C(F)(F)F)C1)C1CC1. The number of carbonyl (C=O) groups excluding carboxylic acids is 1. The molecule has 2 aliphatic rings. The highest BCUT2D eigenvalue weighted by Gasteiger charge is 2.42. The van der Waals surface area contributed by atoms with E-state index in [1.165, 1.54) is 12.3 Å². The van der Waals surface area contributed by atoms with Crippen molar-refractivity contribution in [2.24, 2.45) is 11.8 Å². The maximum Gasteiger partial charge on any atom is 0.419 e. The number of hydrogen-bond acceptors (Lipinski definition) is 3. The Morgan fingerprint density at radius 1 is 1.26 bits per heavy atom. The van der Waals surface area contributed by atoms with Gasteiger partial charge in [0.2, 0.25) is 5.91 Å². The molecule has 2 atom stereocenters. The average molecular weight is 383 g/mol. The number of nitrogens with zero attached hydrogens (tertiary/aromatic N) is 3. The average Bonchev–Trinajstić information content (AvgIpc) is 3.46. The zero-order valence-electron chi connectivity index (χ0n) is 16.2. The number of alkyl halides is 3. The van der Waals surface area contributed by atoms with Crippen molar-refractivity contribution in [3.63, 3.8) is 0 Å². The second kappa shape index (κ2) is 7.68. The van der Waals surface area contributed by atoms with Crippen molar-refractivity contribution in [1.29, 1.82) is 0 Å². The molecule has 0 radical (unpaired) electrons. The predicted molar refractivity (Wildman–Crippen MR) is 98.3 cm³/mol. The number of amides is 1. The van der Waals surface area contributed by atoms with Gasteiger partial charge >= 0.3 is 6.18 Å². The minimum atomic E-state index is -4.45. The molecule has 0 aromatic carbocycles. The molecule has 150 valence electrons. The lowest BCUT2D eigenvalue weighted by Crippen LogP contribution is -2.50. The van der Waals surface area contributed by atoms with Crippen LogP contribution in [0.4, 0.5) is 19.0 Å². The fourth-order valence-corrected chi connectivity index (χ4v) is 3.84. The fourth-order valence-electron chi connectivity index (χ4n) is 3.84. The van der Waals surface area contributed by atoms with Crippen LogP contribution in [-0.4, -0.2) is 41.0 Å². The number of anilines is 1. The molecule has 1 aliphatic heterocycles. The Morgan fingerprint density at radius 3 is 2.56 bits per heavy atom. The molecular weight excluding hydrogens is 355 g/mol.